The second-order valence-corrected chi connectivity index (χ2v) is 9.65. The second kappa shape index (κ2) is 10.9. The summed E-state index contributed by atoms with van der Waals surface area (Å²) >= 11 is 0. The third kappa shape index (κ3) is 5.82. The summed E-state index contributed by atoms with van der Waals surface area (Å²) in [6.45, 7) is 5.23. The van der Waals surface area contributed by atoms with Gasteiger partial charge in [-0.1, -0.05) is 62.4 Å². The Hall–Kier alpha value is -3.39. The molecular formula is C27H33N3O5. The van der Waals surface area contributed by atoms with Crippen LogP contribution in [0.25, 0.3) is 11.1 Å². The van der Waals surface area contributed by atoms with Gasteiger partial charge in [-0.3, -0.25) is 9.69 Å². The molecule has 8 nitrogen and oxygen atoms in total. The summed E-state index contributed by atoms with van der Waals surface area (Å²) < 4.78 is 5.64. The van der Waals surface area contributed by atoms with Gasteiger partial charge in [0.05, 0.1) is 6.54 Å². The van der Waals surface area contributed by atoms with Crippen molar-refractivity contribution in [3.8, 4) is 11.1 Å². The number of carbonyl (C=O) groups excluding carboxylic acids is 2. The topological polar surface area (TPSA) is 108 Å². The van der Waals surface area contributed by atoms with Crippen molar-refractivity contribution >= 4 is 18.0 Å². The monoisotopic (exact) mass is 479 g/mol. The van der Waals surface area contributed by atoms with Crippen LogP contribution < -0.4 is 10.6 Å². The SMILES string of the molecule is CC(C)[C@@H](NC(=O)CN1CCC(NC(=O)OCC2c3ccccc3-c3ccccc32)CC1)C(=O)O. The number of nitrogens with one attached hydrogen (secondary N) is 2. The number of likely N-dealkylation sites (tertiary alicyclic amines) is 1. The van der Waals surface area contributed by atoms with E-state index in [-0.39, 0.29) is 36.9 Å². The molecule has 1 aliphatic carbocycles. The van der Waals surface area contributed by atoms with E-state index in [0.717, 1.165) is 0 Å². The molecular weight excluding hydrogens is 446 g/mol. The van der Waals surface area contributed by atoms with Gasteiger partial charge in [0.15, 0.2) is 0 Å². The van der Waals surface area contributed by atoms with E-state index in [9.17, 15) is 19.5 Å². The molecule has 1 aliphatic heterocycles. The lowest BCUT2D eigenvalue weighted by Gasteiger charge is -2.32. The van der Waals surface area contributed by atoms with E-state index in [1.165, 1.54) is 22.3 Å². The van der Waals surface area contributed by atoms with Gasteiger partial charge < -0.3 is 20.5 Å². The Kier molecular flexibility index (Phi) is 7.70. The zero-order valence-electron chi connectivity index (χ0n) is 20.2. The van der Waals surface area contributed by atoms with Crippen LogP contribution in [-0.4, -0.2) is 66.3 Å². The minimum Gasteiger partial charge on any atom is -0.480 e. The van der Waals surface area contributed by atoms with Crippen molar-refractivity contribution in [3.63, 3.8) is 0 Å². The van der Waals surface area contributed by atoms with Gasteiger partial charge in [-0.2, -0.15) is 0 Å². The van der Waals surface area contributed by atoms with Gasteiger partial charge in [-0.15, -0.1) is 0 Å². The number of amides is 2. The normalized spacial score (nSPS) is 16.9. The van der Waals surface area contributed by atoms with Crippen LogP contribution in [0.2, 0.25) is 0 Å². The highest BCUT2D eigenvalue weighted by molar-refractivity contribution is 5.85. The molecule has 0 bridgehead atoms. The number of rotatable bonds is 8. The summed E-state index contributed by atoms with van der Waals surface area (Å²) in [6, 6.07) is 15.5. The Bertz CT molecular complexity index is 1030. The predicted octanol–water partition coefficient (Wildman–Crippen LogP) is 3.21. The quantitative estimate of drug-likeness (QED) is 0.537. The first-order valence-corrected chi connectivity index (χ1v) is 12.2. The number of aliphatic carboxylic acids is 1. The van der Waals surface area contributed by atoms with Crippen LogP contribution in [0.3, 0.4) is 0 Å². The molecule has 1 heterocycles. The van der Waals surface area contributed by atoms with Crippen molar-refractivity contribution in [2.24, 2.45) is 5.92 Å². The fraction of sp³-hybridized carbons (Fsp3) is 0.444. The average molecular weight is 480 g/mol. The highest BCUT2D eigenvalue weighted by Gasteiger charge is 2.30. The van der Waals surface area contributed by atoms with E-state index in [1.54, 1.807) is 13.8 Å². The second-order valence-electron chi connectivity index (χ2n) is 9.65. The van der Waals surface area contributed by atoms with Crippen molar-refractivity contribution in [2.45, 2.75) is 44.7 Å². The van der Waals surface area contributed by atoms with Crippen molar-refractivity contribution in [2.75, 3.05) is 26.2 Å². The molecule has 1 fully saturated rings. The van der Waals surface area contributed by atoms with E-state index in [4.69, 9.17) is 4.74 Å². The number of ether oxygens (including phenoxy) is 1. The highest BCUT2D eigenvalue weighted by atomic mass is 16.5. The van der Waals surface area contributed by atoms with Gasteiger partial charge in [0.25, 0.3) is 0 Å². The van der Waals surface area contributed by atoms with Crippen LogP contribution in [0, 0.1) is 5.92 Å². The fourth-order valence-corrected chi connectivity index (χ4v) is 4.98. The number of carbonyl (C=O) groups is 3. The van der Waals surface area contributed by atoms with Gasteiger partial charge in [-0.25, -0.2) is 9.59 Å². The van der Waals surface area contributed by atoms with Gasteiger partial charge in [0, 0.05) is 25.0 Å². The first-order chi connectivity index (χ1) is 16.8. The molecule has 0 spiro atoms. The lowest BCUT2D eigenvalue weighted by Crippen LogP contribution is -2.51. The number of hydrogen-bond donors (Lipinski definition) is 3. The Morgan fingerprint density at radius 2 is 1.57 bits per heavy atom. The van der Waals surface area contributed by atoms with Crippen LogP contribution in [-0.2, 0) is 14.3 Å². The van der Waals surface area contributed by atoms with Crippen LogP contribution in [0.15, 0.2) is 48.5 Å². The molecule has 0 aromatic heterocycles. The summed E-state index contributed by atoms with van der Waals surface area (Å²) in [5.74, 6) is -1.49. The van der Waals surface area contributed by atoms with Gasteiger partial charge >= 0.3 is 12.1 Å². The molecule has 0 unspecified atom stereocenters. The minimum atomic E-state index is -1.03. The van der Waals surface area contributed by atoms with Gasteiger partial charge in [0.2, 0.25) is 5.91 Å². The Balaban J connectivity index is 1.22. The Morgan fingerprint density at radius 3 is 2.11 bits per heavy atom. The first kappa shape index (κ1) is 24.7. The zero-order valence-corrected chi connectivity index (χ0v) is 20.2. The smallest absolute Gasteiger partial charge is 0.407 e. The molecule has 1 atom stereocenters. The van der Waals surface area contributed by atoms with Gasteiger partial charge in [-0.05, 0) is 41.0 Å². The van der Waals surface area contributed by atoms with E-state index in [1.807, 2.05) is 29.2 Å². The number of hydrogen-bond acceptors (Lipinski definition) is 5. The largest absolute Gasteiger partial charge is 0.480 e. The maximum Gasteiger partial charge on any atom is 0.407 e. The summed E-state index contributed by atoms with van der Waals surface area (Å²) in [5, 5.41) is 14.8. The first-order valence-electron chi connectivity index (χ1n) is 12.2. The average Bonchev–Trinajstić information content (AvgIpc) is 3.16. The summed E-state index contributed by atoms with van der Waals surface area (Å²) in [5.41, 5.74) is 4.74. The van der Waals surface area contributed by atoms with Crippen LogP contribution >= 0.6 is 0 Å². The maximum atomic E-state index is 12.5. The molecule has 2 aliphatic rings. The van der Waals surface area contributed by atoms with Crippen molar-refractivity contribution in [1.82, 2.24) is 15.5 Å². The van der Waals surface area contributed by atoms with Crippen LogP contribution in [0.5, 0.6) is 0 Å². The summed E-state index contributed by atoms with van der Waals surface area (Å²) in [7, 11) is 0. The molecule has 4 rings (SSSR count). The number of carboxylic acid groups (broad SMARTS) is 1. The number of nitrogens with zero attached hydrogens (tertiary/aromatic N) is 1. The highest BCUT2D eigenvalue weighted by Crippen LogP contribution is 2.44. The van der Waals surface area contributed by atoms with Gasteiger partial charge in [0.1, 0.15) is 12.6 Å². The number of benzene rings is 2. The minimum absolute atomic E-state index is 0.0209. The maximum absolute atomic E-state index is 12.5. The molecule has 3 N–H and O–H groups in total. The van der Waals surface area contributed by atoms with Crippen LogP contribution in [0.4, 0.5) is 4.79 Å². The molecule has 0 radical (unpaired) electrons. The zero-order chi connectivity index (χ0) is 24.9. The van der Waals surface area contributed by atoms with E-state index in [2.05, 4.69) is 34.9 Å². The molecule has 186 valence electrons. The van der Waals surface area contributed by atoms with Crippen molar-refractivity contribution < 1.29 is 24.2 Å². The standard InChI is InChI=1S/C27H33N3O5/c1-17(2)25(26(32)33)29-24(31)15-30-13-11-18(12-14-30)28-27(34)35-16-23-21-9-5-3-7-19(21)20-8-4-6-10-22(20)23/h3-10,17-18,23,25H,11-16H2,1-2H3,(H,28,34)(H,29,31)(H,32,33)/t25-/m1/s1. The number of piperidine rings is 1. The molecule has 8 heteroatoms. The van der Waals surface area contributed by atoms with Crippen LogP contribution in [0.1, 0.15) is 43.7 Å². The third-order valence-corrected chi connectivity index (χ3v) is 6.87. The predicted molar refractivity (Wildman–Crippen MR) is 132 cm³/mol. The number of alkyl carbamates (subject to hydrolysis) is 1. The summed E-state index contributed by atoms with van der Waals surface area (Å²) in [6.07, 6.45) is 0.970. The van der Waals surface area contributed by atoms with E-state index < -0.39 is 18.1 Å². The fourth-order valence-electron chi connectivity index (χ4n) is 4.98. The molecule has 2 aromatic rings. The van der Waals surface area contributed by atoms with E-state index >= 15 is 0 Å². The molecule has 2 amide bonds. The lowest BCUT2D eigenvalue weighted by molar-refractivity contribution is -0.143. The molecule has 35 heavy (non-hydrogen) atoms. The van der Waals surface area contributed by atoms with Crippen molar-refractivity contribution in [1.29, 1.82) is 0 Å². The molecule has 0 saturated carbocycles. The van der Waals surface area contributed by atoms with Crippen molar-refractivity contribution in [3.05, 3.63) is 59.7 Å². The molecule has 2 aromatic carbocycles. The Morgan fingerprint density at radius 1 is 1.00 bits per heavy atom. The lowest BCUT2D eigenvalue weighted by atomic mass is 9.98. The Labute approximate surface area is 205 Å². The molecule has 1 saturated heterocycles. The number of carboxylic acids is 1. The number of fused-ring (bicyclic) bond motifs is 3. The third-order valence-electron chi connectivity index (χ3n) is 6.87. The summed E-state index contributed by atoms with van der Waals surface area (Å²) in [4.78, 5) is 38.1. The van der Waals surface area contributed by atoms with E-state index in [0.29, 0.717) is 25.9 Å².